The van der Waals surface area contributed by atoms with Crippen molar-refractivity contribution in [1.82, 2.24) is 14.9 Å². The first-order chi connectivity index (χ1) is 17.0. The molecule has 0 bridgehead atoms. The number of fused-ring (bicyclic) bond motifs is 1. The summed E-state index contributed by atoms with van der Waals surface area (Å²) in [7, 11) is 0. The first kappa shape index (κ1) is 26.8. The Morgan fingerprint density at radius 1 is 0.971 bits per heavy atom. The van der Waals surface area contributed by atoms with Crippen molar-refractivity contribution in [1.29, 1.82) is 0 Å². The Balaban J connectivity index is 1.54. The second-order valence-corrected chi connectivity index (χ2v) is 9.79. The number of unbranched alkanes of at least 4 members (excludes halogenated alkanes) is 8. The minimum atomic E-state index is -0.198. The van der Waals surface area contributed by atoms with E-state index >= 15 is 0 Å². The molecule has 1 N–H and O–H groups in total. The van der Waals surface area contributed by atoms with Gasteiger partial charge in [0.25, 0.3) is 5.91 Å². The summed E-state index contributed by atoms with van der Waals surface area (Å²) >= 11 is 0. The van der Waals surface area contributed by atoms with Crippen LogP contribution in [0.2, 0.25) is 0 Å². The topological polar surface area (TPSA) is 56.2 Å². The molecule has 0 aliphatic heterocycles. The van der Waals surface area contributed by atoms with Crippen molar-refractivity contribution in [3.05, 3.63) is 59.4 Å². The highest BCUT2D eigenvalue weighted by Crippen LogP contribution is 2.23. The molecule has 0 aliphatic carbocycles. The molecule has 0 saturated heterocycles. The van der Waals surface area contributed by atoms with Crippen molar-refractivity contribution in [3.63, 3.8) is 0 Å². The van der Waals surface area contributed by atoms with Gasteiger partial charge in [-0.3, -0.25) is 4.79 Å². The molecule has 1 atom stereocenters. The predicted molar refractivity (Wildman–Crippen MR) is 145 cm³/mol. The maximum atomic E-state index is 12.7. The van der Waals surface area contributed by atoms with Crippen molar-refractivity contribution in [2.45, 2.75) is 98.1 Å². The van der Waals surface area contributed by atoms with Crippen LogP contribution in [-0.2, 0) is 11.3 Å². The summed E-state index contributed by atoms with van der Waals surface area (Å²) in [6, 6.07) is 14.1. The molecule has 3 rings (SSSR count). The van der Waals surface area contributed by atoms with Crippen LogP contribution in [0.1, 0.15) is 94.6 Å². The number of aryl methyl sites for hydroxylation is 3. The lowest BCUT2D eigenvalue weighted by atomic mass is 10.1. The van der Waals surface area contributed by atoms with Gasteiger partial charge in [0, 0.05) is 6.54 Å². The molecular weight excluding hydrogens is 434 g/mol. The van der Waals surface area contributed by atoms with Crippen LogP contribution < -0.4 is 10.1 Å². The van der Waals surface area contributed by atoms with Crippen LogP contribution in [0.3, 0.4) is 0 Å². The predicted octanol–water partition coefficient (Wildman–Crippen LogP) is 7.44. The van der Waals surface area contributed by atoms with E-state index < -0.39 is 0 Å². The number of aromatic nitrogens is 2. The molecule has 35 heavy (non-hydrogen) atoms. The molecule has 190 valence electrons. The molecule has 2 aromatic carbocycles. The van der Waals surface area contributed by atoms with Gasteiger partial charge in [-0.1, -0.05) is 82.6 Å². The largest absolute Gasteiger partial charge is 0.483 e. The number of hydrogen-bond donors (Lipinski definition) is 1. The molecule has 0 radical (unpaired) electrons. The van der Waals surface area contributed by atoms with Crippen LogP contribution in [0.15, 0.2) is 42.5 Å². The summed E-state index contributed by atoms with van der Waals surface area (Å²) in [6.07, 6.45) is 11.7. The van der Waals surface area contributed by atoms with Crippen molar-refractivity contribution in [2.24, 2.45) is 0 Å². The van der Waals surface area contributed by atoms with Crippen molar-refractivity contribution in [3.8, 4) is 5.75 Å². The van der Waals surface area contributed by atoms with Gasteiger partial charge in [-0.2, -0.15) is 0 Å². The van der Waals surface area contributed by atoms with Gasteiger partial charge in [0.15, 0.2) is 6.61 Å². The standard InChI is InChI=1S/C30H43N3O2/c1-5-6-7-8-9-10-11-12-15-20-33-27-17-14-13-16-26(27)32-30(33)25(4)31-29(34)22-35-28-21-23(2)18-19-24(28)3/h13-14,16-19,21,25H,5-12,15,20,22H2,1-4H3,(H,31,34). The molecule has 0 saturated carbocycles. The zero-order valence-electron chi connectivity index (χ0n) is 22.1. The number of nitrogens with one attached hydrogen (secondary N) is 1. The van der Waals surface area contributed by atoms with E-state index in [1.807, 2.05) is 51.1 Å². The first-order valence-electron chi connectivity index (χ1n) is 13.4. The lowest BCUT2D eigenvalue weighted by Crippen LogP contribution is -2.32. The zero-order valence-corrected chi connectivity index (χ0v) is 22.1. The molecule has 0 spiro atoms. The molecule has 1 aromatic heterocycles. The molecule has 0 aliphatic rings. The highest BCUT2D eigenvalue weighted by Gasteiger charge is 2.18. The monoisotopic (exact) mass is 477 g/mol. The maximum absolute atomic E-state index is 12.7. The van der Waals surface area contributed by atoms with Gasteiger partial charge in [0.05, 0.1) is 17.1 Å². The smallest absolute Gasteiger partial charge is 0.258 e. The Morgan fingerprint density at radius 2 is 1.66 bits per heavy atom. The minimum absolute atomic E-state index is 0.00683. The number of rotatable bonds is 15. The number of benzene rings is 2. The van der Waals surface area contributed by atoms with E-state index in [0.717, 1.165) is 46.7 Å². The van der Waals surface area contributed by atoms with E-state index in [0.29, 0.717) is 0 Å². The molecule has 1 heterocycles. The van der Waals surface area contributed by atoms with Crippen LogP contribution in [0.5, 0.6) is 5.75 Å². The second kappa shape index (κ2) is 13.9. The van der Waals surface area contributed by atoms with Gasteiger partial charge in [0.1, 0.15) is 11.6 Å². The number of hydrogen-bond acceptors (Lipinski definition) is 3. The number of ether oxygens (including phenoxy) is 1. The quantitative estimate of drug-likeness (QED) is 0.231. The summed E-state index contributed by atoms with van der Waals surface area (Å²) < 4.78 is 8.08. The maximum Gasteiger partial charge on any atom is 0.258 e. The highest BCUT2D eigenvalue weighted by molar-refractivity contribution is 5.79. The molecule has 1 amide bonds. The third-order valence-corrected chi connectivity index (χ3v) is 6.64. The number of para-hydroxylation sites is 2. The summed E-state index contributed by atoms with van der Waals surface area (Å²) in [5.74, 6) is 1.52. The summed E-state index contributed by atoms with van der Waals surface area (Å²) in [5, 5.41) is 3.09. The lowest BCUT2D eigenvalue weighted by Gasteiger charge is -2.17. The average molecular weight is 478 g/mol. The average Bonchev–Trinajstić information content (AvgIpc) is 3.22. The third-order valence-electron chi connectivity index (χ3n) is 6.64. The van der Waals surface area contributed by atoms with E-state index in [1.54, 1.807) is 0 Å². The normalized spacial score (nSPS) is 12.1. The molecule has 5 heteroatoms. The first-order valence-corrected chi connectivity index (χ1v) is 13.4. The van der Waals surface area contributed by atoms with Gasteiger partial charge in [-0.05, 0) is 56.5 Å². The van der Waals surface area contributed by atoms with Crippen molar-refractivity contribution in [2.75, 3.05) is 6.61 Å². The van der Waals surface area contributed by atoms with Crippen LogP contribution in [0, 0.1) is 13.8 Å². The van der Waals surface area contributed by atoms with Crippen molar-refractivity contribution >= 4 is 16.9 Å². The van der Waals surface area contributed by atoms with Crippen LogP contribution in [0.25, 0.3) is 11.0 Å². The Bertz CT molecular complexity index is 1070. The molecule has 1 unspecified atom stereocenters. The molecule has 0 fully saturated rings. The van der Waals surface area contributed by atoms with Gasteiger partial charge in [0.2, 0.25) is 0 Å². The molecule has 5 nitrogen and oxygen atoms in total. The molecule has 3 aromatic rings. The fourth-order valence-corrected chi connectivity index (χ4v) is 4.59. The van der Waals surface area contributed by atoms with E-state index in [9.17, 15) is 4.79 Å². The van der Waals surface area contributed by atoms with Gasteiger partial charge >= 0.3 is 0 Å². The zero-order chi connectivity index (χ0) is 25.0. The van der Waals surface area contributed by atoms with Crippen LogP contribution >= 0.6 is 0 Å². The summed E-state index contributed by atoms with van der Waals surface area (Å²) in [4.78, 5) is 17.6. The number of imidazole rings is 1. The number of nitrogens with zero attached hydrogens (tertiary/aromatic N) is 2. The van der Waals surface area contributed by atoms with E-state index in [2.05, 4.69) is 28.9 Å². The third kappa shape index (κ3) is 8.12. The number of carbonyl (C=O) groups is 1. The fraction of sp³-hybridized carbons (Fsp3) is 0.533. The summed E-state index contributed by atoms with van der Waals surface area (Å²) in [5.41, 5.74) is 4.25. The van der Waals surface area contributed by atoms with E-state index in [1.165, 1.54) is 51.4 Å². The van der Waals surface area contributed by atoms with Crippen molar-refractivity contribution < 1.29 is 9.53 Å². The Hall–Kier alpha value is -2.82. The van der Waals surface area contributed by atoms with E-state index in [4.69, 9.17) is 9.72 Å². The second-order valence-electron chi connectivity index (χ2n) is 9.79. The fourth-order valence-electron chi connectivity index (χ4n) is 4.59. The van der Waals surface area contributed by atoms with Crippen LogP contribution in [0.4, 0.5) is 0 Å². The number of amides is 1. The highest BCUT2D eigenvalue weighted by atomic mass is 16.5. The Labute approximate surface area is 211 Å². The van der Waals surface area contributed by atoms with Crippen LogP contribution in [-0.4, -0.2) is 22.1 Å². The SMILES string of the molecule is CCCCCCCCCCCn1c(C(C)NC(=O)COc2cc(C)ccc2C)nc2ccccc21. The van der Waals surface area contributed by atoms with Gasteiger partial charge in [-0.25, -0.2) is 4.98 Å². The number of carbonyl (C=O) groups excluding carboxylic acids is 1. The Kier molecular flexibility index (Phi) is 10.6. The van der Waals surface area contributed by atoms with Gasteiger partial charge in [-0.15, -0.1) is 0 Å². The van der Waals surface area contributed by atoms with E-state index in [-0.39, 0.29) is 18.6 Å². The van der Waals surface area contributed by atoms with Gasteiger partial charge < -0.3 is 14.6 Å². The lowest BCUT2D eigenvalue weighted by molar-refractivity contribution is -0.123. The minimum Gasteiger partial charge on any atom is -0.483 e. The Morgan fingerprint density at radius 3 is 2.40 bits per heavy atom. The summed E-state index contributed by atoms with van der Waals surface area (Å²) in [6.45, 7) is 9.19. The molecular formula is C30H43N3O2.